The van der Waals surface area contributed by atoms with Crippen LogP contribution in [0.4, 0.5) is 5.13 Å². The third-order valence-electron chi connectivity index (χ3n) is 3.52. The Morgan fingerprint density at radius 1 is 1.21 bits per heavy atom. The Bertz CT molecular complexity index is 921. The number of carbonyl (C=O) groups excluding carboxylic acids is 1. The van der Waals surface area contributed by atoms with Gasteiger partial charge in [-0.1, -0.05) is 23.5 Å². The Labute approximate surface area is 153 Å². The molecule has 1 N–H and O–H groups in total. The minimum absolute atomic E-state index is 0.0599. The number of aryl methyl sites for hydroxylation is 3. The lowest BCUT2D eigenvalue weighted by Crippen LogP contribution is -2.20. The summed E-state index contributed by atoms with van der Waals surface area (Å²) in [5, 5.41) is 3.40. The molecule has 0 unspecified atom stereocenters. The molecule has 0 radical (unpaired) electrons. The van der Waals surface area contributed by atoms with Crippen molar-refractivity contribution in [2.45, 2.75) is 20.8 Å². The highest BCUT2D eigenvalue weighted by Crippen LogP contribution is 2.29. The van der Waals surface area contributed by atoms with E-state index < -0.39 is 0 Å². The Morgan fingerprint density at radius 2 is 2.00 bits per heavy atom. The Kier molecular flexibility index (Phi) is 4.87. The molecule has 0 fully saturated rings. The van der Waals surface area contributed by atoms with Gasteiger partial charge in [-0.05, 0) is 71.6 Å². The van der Waals surface area contributed by atoms with Gasteiger partial charge in [0.2, 0.25) is 0 Å². The number of fused-ring (bicyclic) bond motifs is 1. The molecule has 0 aliphatic carbocycles. The molecule has 1 heterocycles. The number of ether oxygens (including phenoxy) is 1. The van der Waals surface area contributed by atoms with Crippen molar-refractivity contribution in [2.24, 2.45) is 0 Å². The summed E-state index contributed by atoms with van der Waals surface area (Å²) in [5.74, 6) is 0.419. The largest absolute Gasteiger partial charge is 0.483 e. The number of hydrogen-bond donors (Lipinski definition) is 1. The highest BCUT2D eigenvalue weighted by Gasteiger charge is 2.11. The average Bonchev–Trinajstić information content (AvgIpc) is 2.89. The van der Waals surface area contributed by atoms with Crippen molar-refractivity contribution in [2.75, 3.05) is 11.9 Å². The quantitative estimate of drug-likeness (QED) is 0.665. The molecule has 24 heavy (non-hydrogen) atoms. The molecule has 0 saturated carbocycles. The van der Waals surface area contributed by atoms with E-state index in [9.17, 15) is 4.79 Å². The third-order valence-corrected chi connectivity index (χ3v) is 5.06. The molecule has 4 nitrogen and oxygen atoms in total. The minimum atomic E-state index is -0.226. The summed E-state index contributed by atoms with van der Waals surface area (Å²) in [6, 6.07) is 9.90. The van der Waals surface area contributed by atoms with Gasteiger partial charge in [-0.3, -0.25) is 10.1 Å². The summed E-state index contributed by atoms with van der Waals surface area (Å²) in [7, 11) is 0. The molecular weight excluding hydrogens is 388 g/mol. The van der Waals surface area contributed by atoms with Gasteiger partial charge in [-0.25, -0.2) is 4.98 Å². The van der Waals surface area contributed by atoms with Crippen LogP contribution in [0.3, 0.4) is 0 Å². The van der Waals surface area contributed by atoms with E-state index in [0.29, 0.717) is 10.9 Å². The van der Waals surface area contributed by atoms with Crippen molar-refractivity contribution < 1.29 is 9.53 Å². The molecule has 3 rings (SSSR count). The number of carbonyl (C=O) groups is 1. The van der Waals surface area contributed by atoms with E-state index in [0.717, 1.165) is 25.8 Å². The van der Waals surface area contributed by atoms with E-state index in [-0.39, 0.29) is 12.5 Å². The van der Waals surface area contributed by atoms with Crippen LogP contribution >= 0.6 is 27.3 Å². The summed E-state index contributed by atoms with van der Waals surface area (Å²) in [6.07, 6.45) is 0. The summed E-state index contributed by atoms with van der Waals surface area (Å²) >= 11 is 4.91. The van der Waals surface area contributed by atoms with Crippen LogP contribution in [0.25, 0.3) is 10.2 Å². The molecule has 0 aliphatic rings. The first-order chi connectivity index (χ1) is 11.4. The maximum absolute atomic E-state index is 12.1. The second-order valence-electron chi connectivity index (χ2n) is 5.72. The predicted molar refractivity (Wildman–Crippen MR) is 102 cm³/mol. The van der Waals surface area contributed by atoms with Gasteiger partial charge in [0.25, 0.3) is 5.91 Å². The number of nitrogens with zero attached hydrogens (tertiary/aromatic N) is 1. The number of thiazole rings is 1. The van der Waals surface area contributed by atoms with Crippen LogP contribution in [0.2, 0.25) is 0 Å². The van der Waals surface area contributed by atoms with Crippen LogP contribution in [0, 0.1) is 20.8 Å². The van der Waals surface area contributed by atoms with E-state index in [4.69, 9.17) is 4.74 Å². The summed E-state index contributed by atoms with van der Waals surface area (Å²) in [6.45, 7) is 6.02. The van der Waals surface area contributed by atoms with Crippen molar-refractivity contribution in [3.8, 4) is 5.75 Å². The van der Waals surface area contributed by atoms with E-state index >= 15 is 0 Å². The number of aromatic nitrogens is 1. The normalized spacial score (nSPS) is 10.8. The van der Waals surface area contributed by atoms with Gasteiger partial charge in [0, 0.05) is 0 Å². The maximum Gasteiger partial charge on any atom is 0.264 e. The molecule has 6 heteroatoms. The molecule has 0 saturated heterocycles. The fourth-order valence-electron chi connectivity index (χ4n) is 2.45. The summed E-state index contributed by atoms with van der Waals surface area (Å²) in [5.41, 5.74) is 4.36. The zero-order chi connectivity index (χ0) is 17.3. The highest BCUT2D eigenvalue weighted by atomic mass is 79.9. The molecule has 0 bridgehead atoms. The molecule has 0 atom stereocenters. The van der Waals surface area contributed by atoms with Crippen molar-refractivity contribution in [1.82, 2.24) is 4.98 Å². The molecule has 124 valence electrons. The molecule has 3 aromatic rings. The molecule has 1 aromatic heterocycles. The number of hydrogen-bond acceptors (Lipinski definition) is 4. The predicted octanol–water partition coefficient (Wildman–Crippen LogP) is 5.00. The number of halogens is 1. The van der Waals surface area contributed by atoms with Crippen LogP contribution in [-0.2, 0) is 4.79 Å². The van der Waals surface area contributed by atoms with Gasteiger partial charge < -0.3 is 4.74 Å². The van der Waals surface area contributed by atoms with Crippen molar-refractivity contribution in [3.63, 3.8) is 0 Å². The fourth-order valence-corrected chi connectivity index (χ4v) is 4.11. The smallest absolute Gasteiger partial charge is 0.264 e. The third kappa shape index (κ3) is 3.76. The zero-order valence-electron chi connectivity index (χ0n) is 13.6. The lowest BCUT2D eigenvalue weighted by atomic mass is 10.1. The molecule has 0 aliphatic heterocycles. The first-order valence-corrected chi connectivity index (χ1v) is 9.10. The van der Waals surface area contributed by atoms with E-state index in [1.165, 1.54) is 16.9 Å². The second kappa shape index (κ2) is 6.91. The Hall–Kier alpha value is -1.92. The van der Waals surface area contributed by atoms with E-state index in [2.05, 4.69) is 45.3 Å². The maximum atomic E-state index is 12.1. The van der Waals surface area contributed by atoms with Gasteiger partial charge in [0.05, 0.1) is 14.7 Å². The topological polar surface area (TPSA) is 51.2 Å². The molecule has 1 amide bonds. The van der Waals surface area contributed by atoms with Crippen LogP contribution in [0.1, 0.15) is 16.7 Å². The van der Waals surface area contributed by atoms with Crippen LogP contribution < -0.4 is 10.1 Å². The Balaban J connectivity index is 1.67. The first-order valence-electron chi connectivity index (χ1n) is 7.49. The van der Waals surface area contributed by atoms with Gasteiger partial charge in [-0.2, -0.15) is 0 Å². The first kappa shape index (κ1) is 16.9. The SMILES string of the molecule is Cc1ccc(OCC(=O)Nc2nc3c(C)cc(C)cc3s2)c(Br)c1. The standard InChI is InChI=1S/C18H17BrN2O2S/c1-10-4-5-14(13(19)7-10)23-9-16(22)20-18-21-17-12(3)6-11(2)8-15(17)24-18/h4-8H,9H2,1-3H3,(H,20,21,22). The molecular formula is C18H17BrN2O2S. The molecule has 0 spiro atoms. The lowest BCUT2D eigenvalue weighted by Gasteiger charge is -2.08. The Morgan fingerprint density at radius 3 is 2.75 bits per heavy atom. The number of benzene rings is 2. The number of amides is 1. The van der Waals surface area contributed by atoms with Crippen molar-refractivity contribution in [1.29, 1.82) is 0 Å². The van der Waals surface area contributed by atoms with Crippen LogP contribution in [-0.4, -0.2) is 17.5 Å². The van der Waals surface area contributed by atoms with Crippen molar-refractivity contribution >= 4 is 48.5 Å². The fraction of sp³-hybridized carbons (Fsp3) is 0.222. The van der Waals surface area contributed by atoms with Crippen LogP contribution in [0.5, 0.6) is 5.75 Å². The highest BCUT2D eigenvalue weighted by molar-refractivity contribution is 9.10. The summed E-state index contributed by atoms with van der Waals surface area (Å²) < 4.78 is 7.47. The van der Waals surface area contributed by atoms with E-state index in [1.54, 1.807) is 0 Å². The van der Waals surface area contributed by atoms with Crippen LogP contribution in [0.15, 0.2) is 34.8 Å². The lowest BCUT2D eigenvalue weighted by molar-refractivity contribution is -0.118. The molecule has 2 aromatic carbocycles. The zero-order valence-corrected chi connectivity index (χ0v) is 16.0. The van der Waals surface area contributed by atoms with Gasteiger partial charge in [-0.15, -0.1) is 0 Å². The monoisotopic (exact) mass is 404 g/mol. The number of anilines is 1. The van der Waals surface area contributed by atoms with Gasteiger partial charge >= 0.3 is 0 Å². The van der Waals surface area contributed by atoms with Gasteiger partial charge in [0.15, 0.2) is 11.7 Å². The second-order valence-corrected chi connectivity index (χ2v) is 7.60. The van der Waals surface area contributed by atoms with Crippen molar-refractivity contribution in [3.05, 3.63) is 51.5 Å². The minimum Gasteiger partial charge on any atom is -0.483 e. The average molecular weight is 405 g/mol. The van der Waals surface area contributed by atoms with E-state index in [1.807, 2.05) is 32.0 Å². The van der Waals surface area contributed by atoms with Gasteiger partial charge in [0.1, 0.15) is 5.75 Å². The number of rotatable bonds is 4. The number of nitrogens with one attached hydrogen (secondary N) is 1. The summed E-state index contributed by atoms with van der Waals surface area (Å²) in [4.78, 5) is 16.6.